The molecule has 1 heteroatoms. The Morgan fingerprint density at radius 3 is 2.24 bits per heavy atom. The maximum Gasteiger partial charge on any atom is 0.0273 e. The maximum absolute atomic E-state index is 3.50. The largest absolute Gasteiger partial charge is 0.361 e. The van der Waals surface area contributed by atoms with Crippen LogP contribution < -0.4 is 0 Å². The Morgan fingerprint density at radius 2 is 1.47 bits per heavy atom. The Bertz CT molecular complexity index is 635. The van der Waals surface area contributed by atoms with Gasteiger partial charge in [0.15, 0.2) is 0 Å². The number of aromatic nitrogens is 1. The van der Waals surface area contributed by atoms with E-state index in [1.54, 1.807) is 0 Å². The summed E-state index contributed by atoms with van der Waals surface area (Å²) in [6.45, 7) is 2.14. The van der Waals surface area contributed by atoms with Crippen LogP contribution in [0, 0.1) is 6.92 Å². The van der Waals surface area contributed by atoms with E-state index in [2.05, 4.69) is 66.5 Å². The second-order valence-electron chi connectivity index (χ2n) is 4.44. The van der Waals surface area contributed by atoms with Gasteiger partial charge in [-0.3, -0.25) is 0 Å². The third-order valence-corrected chi connectivity index (χ3v) is 3.22. The number of hydrogen-bond donors (Lipinski definition) is 1. The van der Waals surface area contributed by atoms with Gasteiger partial charge in [-0.25, -0.2) is 0 Å². The fourth-order valence-electron chi connectivity index (χ4n) is 2.37. The van der Waals surface area contributed by atoms with Crippen molar-refractivity contribution in [1.82, 2.24) is 4.98 Å². The molecule has 3 aromatic rings. The molecular weight excluding hydrogens is 206 g/mol. The quantitative estimate of drug-likeness (QED) is 0.671. The molecule has 0 atom stereocenters. The zero-order valence-electron chi connectivity index (χ0n) is 9.90. The Labute approximate surface area is 101 Å². The highest BCUT2D eigenvalue weighted by molar-refractivity contribution is 5.88. The zero-order chi connectivity index (χ0) is 11.7. The van der Waals surface area contributed by atoms with Gasteiger partial charge in [-0.05, 0) is 12.5 Å². The standard InChI is InChI=1S/C16H15N/c1-12-14-9-5-6-10-15(14)16(17-12)11-13-7-3-2-4-8-13/h2-10,17H,11H2,1H3. The van der Waals surface area contributed by atoms with Gasteiger partial charge in [0, 0.05) is 28.6 Å². The summed E-state index contributed by atoms with van der Waals surface area (Å²) < 4.78 is 0. The zero-order valence-corrected chi connectivity index (χ0v) is 9.90. The molecule has 3 rings (SSSR count). The van der Waals surface area contributed by atoms with E-state index in [0.717, 1.165) is 6.42 Å². The predicted molar refractivity (Wildman–Crippen MR) is 72.3 cm³/mol. The number of nitrogens with one attached hydrogen (secondary N) is 1. The monoisotopic (exact) mass is 221 g/mol. The van der Waals surface area contributed by atoms with Gasteiger partial charge < -0.3 is 4.98 Å². The number of aryl methyl sites for hydroxylation is 1. The van der Waals surface area contributed by atoms with Gasteiger partial charge in [0.2, 0.25) is 0 Å². The van der Waals surface area contributed by atoms with Crippen LogP contribution in [-0.2, 0) is 6.42 Å². The van der Waals surface area contributed by atoms with Crippen LogP contribution in [0.4, 0.5) is 0 Å². The smallest absolute Gasteiger partial charge is 0.0273 e. The van der Waals surface area contributed by atoms with Crippen molar-refractivity contribution in [3.05, 3.63) is 71.5 Å². The van der Waals surface area contributed by atoms with Gasteiger partial charge >= 0.3 is 0 Å². The van der Waals surface area contributed by atoms with E-state index in [1.807, 2.05) is 0 Å². The average Bonchev–Trinajstić information content (AvgIpc) is 2.69. The van der Waals surface area contributed by atoms with Crippen LogP contribution in [0.25, 0.3) is 10.8 Å². The summed E-state index contributed by atoms with van der Waals surface area (Å²) in [6, 6.07) is 19.1. The van der Waals surface area contributed by atoms with E-state index < -0.39 is 0 Å². The fraction of sp³-hybridized carbons (Fsp3) is 0.125. The molecule has 0 spiro atoms. The highest BCUT2D eigenvalue weighted by Gasteiger charge is 2.06. The van der Waals surface area contributed by atoms with Crippen LogP contribution in [0.5, 0.6) is 0 Å². The molecule has 0 amide bonds. The lowest BCUT2D eigenvalue weighted by Gasteiger charge is -2.00. The molecule has 17 heavy (non-hydrogen) atoms. The number of H-pyrrole nitrogens is 1. The van der Waals surface area contributed by atoms with Gasteiger partial charge in [0.05, 0.1) is 0 Å². The summed E-state index contributed by atoms with van der Waals surface area (Å²) in [5.41, 5.74) is 3.91. The Morgan fingerprint density at radius 1 is 0.824 bits per heavy atom. The molecule has 0 saturated carbocycles. The van der Waals surface area contributed by atoms with Gasteiger partial charge in [-0.1, -0.05) is 54.6 Å². The van der Waals surface area contributed by atoms with E-state index in [9.17, 15) is 0 Å². The number of fused-ring (bicyclic) bond motifs is 1. The van der Waals surface area contributed by atoms with Crippen LogP contribution in [0.3, 0.4) is 0 Å². The Kier molecular flexibility index (Phi) is 2.45. The topological polar surface area (TPSA) is 15.8 Å². The molecule has 0 radical (unpaired) electrons. The van der Waals surface area contributed by atoms with Gasteiger partial charge in [0.1, 0.15) is 0 Å². The van der Waals surface area contributed by atoms with Crippen molar-refractivity contribution >= 4 is 10.8 Å². The maximum atomic E-state index is 3.50. The van der Waals surface area contributed by atoms with Gasteiger partial charge in [0.25, 0.3) is 0 Å². The molecule has 0 fully saturated rings. The minimum absolute atomic E-state index is 0.967. The van der Waals surface area contributed by atoms with Crippen molar-refractivity contribution in [1.29, 1.82) is 0 Å². The molecule has 1 aromatic heterocycles. The second-order valence-corrected chi connectivity index (χ2v) is 4.44. The lowest BCUT2D eigenvalue weighted by molar-refractivity contribution is 1.09. The summed E-state index contributed by atoms with van der Waals surface area (Å²) in [7, 11) is 0. The van der Waals surface area contributed by atoms with Gasteiger partial charge in [-0.2, -0.15) is 0 Å². The summed E-state index contributed by atoms with van der Waals surface area (Å²) in [6.07, 6.45) is 0.967. The predicted octanol–water partition coefficient (Wildman–Crippen LogP) is 4.07. The molecule has 2 aromatic carbocycles. The van der Waals surface area contributed by atoms with E-state index >= 15 is 0 Å². The van der Waals surface area contributed by atoms with Crippen LogP contribution in [-0.4, -0.2) is 4.98 Å². The third kappa shape index (κ3) is 1.84. The first kappa shape index (κ1) is 10.2. The Hall–Kier alpha value is -2.02. The minimum Gasteiger partial charge on any atom is -0.361 e. The van der Waals surface area contributed by atoms with Crippen molar-refractivity contribution in [2.24, 2.45) is 0 Å². The molecular formula is C16H15N. The highest BCUT2D eigenvalue weighted by Crippen LogP contribution is 2.23. The first-order valence-corrected chi connectivity index (χ1v) is 5.95. The summed E-state index contributed by atoms with van der Waals surface area (Å²) in [5.74, 6) is 0. The van der Waals surface area contributed by atoms with Crippen LogP contribution in [0.15, 0.2) is 54.6 Å². The first-order valence-electron chi connectivity index (χ1n) is 5.95. The van der Waals surface area contributed by atoms with Crippen LogP contribution in [0.2, 0.25) is 0 Å². The van der Waals surface area contributed by atoms with E-state index in [4.69, 9.17) is 0 Å². The third-order valence-electron chi connectivity index (χ3n) is 3.22. The lowest BCUT2D eigenvalue weighted by Crippen LogP contribution is -1.88. The van der Waals surface area contributed by atoms with Crippen molar-refractivity contribution < 1.29 is 0 Å². The van der Waals surface area contributed by atoms with Crippen molar-refractivity contribution in [3.8, 4) is 0 Å². The number of rotatable bonds is 2. The molecule has 1 nitrogen and oxygen atoms in total. The minimum atomic E-state index is 0.967. The van der Waals surface area contributed by atoms with Crippen molar-refractivity contribution in [2.45, 2.75) is 13.3 Å². The van der Waals surface area contributed by atoms with E-state index in [-0.39, 0.29) is 0 Å². The van der Waals surface area contributed by atoms with Crippen LogP contribution in [0.1, 0.15) is 17.0 Å². The normalized spacial score (nSPS) is 10.9. The highest BCUT2D eigenvalue weighted by atomic mass is 14.7. The first-order chi connectivity index (χ1) is 8.34. The molecule has 0 bridgehead atoms. The van der Waals surface area contributed by atoms with E-state index in [1.165, 1.54) is 27.7 Å². The van der Waals surface area contributed by atoms with Crippen LogP contribution >= 0.6 is 0 Å². The molecule has 0 aliphatic heterocycles. The molecule has 84 valence electrons. The summed E-state index contributed by atoms with van der Waals surface area (Å²) >= 11 is 0. The summed E-state index contributed by atoms with van der Waals surface area (Å²) in [4.78, 5) is 3.50. The van der Waals surface area contributed by atoms with E-state index in [0.29, 0.717) is 0 Å². The fourth-order valence-corrected chi connectivity index (χ4v) is 2.37. The Balaban J connectivity index is 2.07. The number of aromatic amines is 1. The second kappa shape index (κ2) is 4.10. The van der Waals surface area contributed by atoms with Crippen molar-refractivity contribution in [2.75, 3.05) is 0 Å². The van der Waals surface area contributed by atoms with Crippen molar-refractivity contribution in [3.63, 3.8) is 0 Å². The molecule has 0 unspecified atom stereocenters. The molecule has 1 N–H and O–H groups in total. The van der Waals surface area contributed by atoms with Gasteiger partial charge in [-0.15, -0.1) is 0 Å². The molecule has 1 heterocycles. The molecule has 0 aliphatic rings. The average molecular weight is 221 g/mol. The SMILES string of the molecule is Cc1[nH]c(Cc2ccccc2)c2ccccc12. The summed E-state index contributed by atoms with van der Waals surface area (Å²) in [5, 5.41) is 2.67. The lowest BCUT2D eigenvalue weighted by atomic mass is 10.1. The molecule has 0 saturated heterocycles. The number of benzene rings is 2. The molecule has 0 aliphatic carbocycles. The number of hydrogen-bond acceptors (Lipinski definition) is 0.